The average molecular weight is 382 g/mol. The van der Waals surface area contributed by atoms with Crippen LogP contribution < -0.4 is 5.32 Å². The molecule has 4 nitrogen and oxygen atoms in total. The van der Waals surface area contributed by atoms with Crippen molar-refractivity contribution in [2.24, 2.45) is 0 Å². The van der Waals surface area contributed by atoms with Gasteiger partial charge in [-0.25, -0.2) is 9.97 Å². The average Bonchev–Trinajstić information content (AvgIpc) is 2.48. The Morgan fingerprint density at radius 1 is 1.20 bits per heavy atom. The highest BCUT2D eigenvalue weighted by Gasteiger charge is 2.11. The van der Waals surface area contributed by atoms with Crippen LogP contribution in [-0.2, 0) is 12.8 Å². The van der Waals surface area contributed by atoms with Crippen LogP contribution in [0.2, 0.25) is 0 Å². The molecule has 0 aliphatic carbocycles. The van der Waals surface area contributed by atoms with Crippen LogP contribution in [0.15, 0.2) is 24.4 Å². The minimum Gasteiger partial charge on any atom is -0.369 e. The SMILES string of the molecule is CCCNc1nc(Cc2ccccn2)nc(CC)c1I. The van der Waals surface area contributed by atoms with Crippen LogP contribution in [0.3, 0.4) is 0 Å². The summed E-state index contributed by atoms with van der Waals surface area (Å²) in [5.41, 5.74) is 2.10. The third-order valence-corrected chi connectivity index (χ3v) is 4.04. The first kappa shape index (κ1) is 15.2. The van der Waals surface area contributed by atoms with E-state index >= 15 is 0 Å². The molecule has 20 heavy (non-hydrogen) atoms. The Labute approximate surface area is 133 Å². The van der Waals surface area contributed by atoms with Gasteiger partial charge in [0.25, 0.3) is 0 Å². The highest BCUT2D eigenvalue weighted by molar-refractivity contribution is 14.1. The zero-order valence-electron chi connectivity index (χ0n) is 11.9. The number of halogens is 1. The zero-order chi connectivity index (χ0) is 14.4. The Kier molecular flexibility index (Phi) is 5.70. The van der Waals surface area contributed by atoms with Crippen molar-refractivity contribution in [1.29, 1.82) is 0 Å². The topological polar surface area (TPSA) is 50.7 Å². The van der Waals surface area contributed by atoms with Gasteiger partial charge in [-0.15, -0.1) is 0 Å². The van der Waals surface area contributed by atoms with Gasteiger partial charge in [0.05, 0.1) is 15.7 Å². The molecule has 0 spiro atoms. The van der Waals surface area contributed by atoms with Gasteiger partial charge in [-0.3, -0.25) is 4.98 Å². The fourth-order valence-electron chi connectivity index (χ4n) is 1.88. The molecule has 0 atom stereocenters. The molecule has 0 aliphatic heterocycles. The van der Waals surface area contributed by atoms with Gasteiger partial charge >= 0.3 is 0 Å². The molecule has 0 amide bonds. The van der Waals surface area contributed by atoms with E-state index in [1.807, 2.05) is 18.2 Å². The monoisotopic (exact) mass is 382 g/mol. The van der Waals surface area contributed by atoms with Gasteiger partial charge < -0.3 is 5.32 Å². The molecule has 0 radical (unpaired) electrons. The lowest BCUT2D eigenvalue weighted by molar-refractivity contribution is 0.870. The van der Waals surface area contributed by atoms with Crippen LogP contribution in [-0.4, -0.2) is 21.5 Å². The number of anilines is 1. The molecule has 5 heteroatoms. The van der Waals surface area contributed by atoms with Crippen molar-refractivity contribution in [3.05, 3.63) is 45.2 Å². The Morgan fingerprint density at radius 2 is 2.05 bits per heavy atom. The predicted molar refractivity (Wildman–Crippen MR) is 90.0 cm³/mol. The molecule has 2 heterocycles. The molecule has 2 rings (SSSR count). The summed E-state index contributed by atoms with van der Waals surface area (Å²) >= 11 is 2.33. The number of hydrogen-bond donors (Lipinski definition) is 1. The van der Waals surface area contributed by atoms with Gasteiger partial charge in [-0.1, -0.05) is 19.9 Å². The summed E-state index contributed by atoms with van der Waals surface area (Å²) in [6.45, 7) is 5.20. The second-order valence-corrected chi connectivity index (χ2v) is 5.61. The Morgan fingerprint density at radius 3 is 2.70 bits per heavy atom. The third-order valence-electron chi connectivity index (χ3n) is 2.91. The number of aromatic nitrogens is 3. The Balaban J connectivity index is 2.28. The Bertz CT molecular complexity index is 557. The van der Waals surface area contributed by atoms with Crippen molar-refractivity contribution >= 4 is 28.4 Å². The standard InChI is InChI=1S/C15H19IN4/c1-3-8-18-15-14(16)12(4-2)19-13(20-15)10-11-7-5-6-9-17-11/h5-7,9H,3-4,8,10H2,1-2H3,(H,18,19,20). The molecule has 1 N–H and O–H groups in total. The lowest BCUT2D eigenvalue weighted by atomic mass is 10.2. The minimum absolute atomic E-state index is 0.672. The summed E-state index contributed by atoms with van der Waals surface area (Å²) in [5, 5.41) is 3.38. The van der Waals surface area contributed by atoms with Gasteiger partial charge in [0.1, 0.15) is 11.6 Å². The van der Waals surface area contributed by atoms with Crippen molar-refractivity contribution < 1.29 is 0 Å². The highest BCUT2D eigenvalue weighted by Crippen LogP contribution is 2.20. The second kappa shape index (κ2) is 7.52. The number of rotatable bonds is 6. The van der Waals surface area contributed by atoms with E-state index in [0.717, 1.165) is 46.0 Å². The van der Waals surface area contributed by atoms with Crippen molar-refractivity contribution in [2.45, 2.75) is 33.1 Å². The van der Waals surface area contributed by atoms with E-state index in [1.165, 1.54) is 0 Å². The summed E-state index contributed by atoms with van der Waals surface area (Å²) in [5.74, 6) is 1.78. The van der Waals surface area contributed by atoms with Crippen LogP contribution in [0, 0.1) is 3.57 Å². The fraction of sp³-hybridized carbons (Fsp3) is 0.400. The molecule has 2 aromatic heterocycles. The number of aryl methyl sites for hydroxylation is 1. The number of nitrogens with one attached hydrogen (secondary N) is 1. The van der Waals surface area contributed by atoms with Gasteiger partial charge in [0, 0.05) is 18.4 Å². The van der Waals surface area contributed by atoms with E-state index in [2.05, 4.69) is 56.7 Å². The first-order chi connectivity index (χ1) is 9.74. The van der Waals surface area contributed by atoms with Crippen LogP contribution in [0.4, 0.5) is 5.82 Å². The molecule has 0 saturated heterocycles. The maximum atomic E-state index is 4.66. The van der Waals surface area contributed by atoms with Gasteiger partial charge in [-0.05, 0) is 47.6 Å². The largest absolute Gasteiger partial charge is 0.369 e. The van der Waals surface area contributed by atoms with E-state index in [9.17, 15) is 0 Å². The van der Waals surface area contributed by atoms with Crippen LogP contribution in [0.1, 0.15) is 37.5 Å². The summed E-state index contributed by atoms with van der Waals surface area (Å²) in [6, 6.07) is 5.92. The molecule has 0 saturated carbocycles. The lowest BCUT2D eigenvalue weighted by Crippen LogP contribution is -2.11. The maximum Gasteiger partial charge on any atom is 0.143 e. The first-order valence-electron chi connectivity index (χ1n) is 6.93. The quantitative estimate of drug-likeness (QED) is 0.778. The van der Waals surface area contributed by atoms with E-state index in [0.29, 0.717) is 6.42 Å². The molecule has 2 aromatic rings. The highest BCUT2D eigenvalue weighted by atomic mass is 127. The molecule has 0 aliphatic rings. The summed E-state index contributed by atoms with van der Waals surface area (Å²) in [7, 11) is 0. The molecule has 106 valence electrons. The van der Waals surface area contributed by atoms with Crippen molar-refractivity contribution in [3.63, 3.8) is 0 Å². The molecule has 0 unspecified atom stereocenters. The summed E-state index contributed by atoms with van der Waals surface area (Å²) < 4.78 is 1.13. The lowest BCUT2D eigenvalue weighted by Gasteiger charge is -2.11. The number of pyridine rings is 1. The summed E-state index contributed by atoms with van der Waals surface area (Å²) in [4.78, 5) is 13.6. The second-order valence-electron chi connectivity index (χ2n) is 4.53. The third kappa shape index (κ3) is 3.88. The molecule has 0 aromatic carbocycles. The first-order valence-corrected chi connectivity index (χ1v) is 8.01. The van der Waals surface area contributed by atoms with Crippen LogP contribution in [0.5, 0.6) is 0 Å². The van der Waals surface area contributed by atoms with Crippen LogP contribution in [0.25, 0.3) is 0 Å². The molecule has 0 bridgehead atoms. The van der Waals surface area contributed by atoms with Gasteiger partial charge in [-0.2, -0.15) is 0 Å². The number of nitrogens with zero attached hydrogens (tertiary/aromatic N) is 3. The minimum atomic E-state index is 0.672. The molecule has 0 fully saturated rings. The van der Waals surface area contributed by atoms with Crippen molar-refractivity contribution in [2.75, 3.05) is 11.9 Å². The van der Waals surface area contributed by atoms with E-state index in [-0.39, 0.29) is 0 Å². The smallest absolute Gasteiger partial charge is 0.143 e. The summed E-state index contributed by atoms with van der Waals surface area (Å²) in [6.07, 6.45) is 4.47. The van der Waals surface area contributed by atoms with Crippen molar-refractivity contribution in [3.8, 4) is 0 Å². The Hall–Kier alpha value is -1.24. The van der Waals surface area contributed by atoms with Gasteiger partial charge in [0.15, 0.2) is 0 Å². The van der Waals surface area contributed by atoms with Crippen molar-refractivity contribution in [1.82, 2.24) is 15.0 Å². The van der Waals surface area contributed by atoms with Gasteiger partial charge in [0.2, 0.25) is 0 Å². The molecular weight excluding hydrogens is 363 g/mol. The zero-order valence-corrected chi connectivity index (χ0v) is 14.0. The normalized spacial score (nSPS) is 10.6. The van der Waals surface area contributed by atoms with E-state index in [1.54, 1.807) is 6.20 Å². The number of hydrogen-bond acceptors (Lipinski definition) is 4. The maximum absolute atomic E-state index is 4.66. The van der Waals surface area contributed by atoms with E-state index < -0.39 is 0 Å². The fourth-order valence-corrected chi connectivity index (χ4v) is 2.70. The van der Waals surface area contributed by atoms with Crippen LogP contribution >= 0.6 is 22.6 Å². The van der Waals surface area contributed by atoms with E-state index in [4.69, 9.17) is 0 Å². The predicted octanol–water partition coefficient (Wildman–Crippen LogP) is 3.45. The molecular formula is C15H19IN4.